The van der Waals surface area contributed by atoms with E-state index in [1.807, 2.05) is 4.72 Å². The van der Waals surface area contributed by atoms with Gasteiger partial charge in [-0.3, -0.25) is 0 Å². The fourth-order valence-electron chi connectivity index (χ4n) is 0.286. The summed E-state index contributed by atoms with van der Waals surface area (Å²) in [7, 11) is -2.05. The molecule has 0 saturated carbocycles. The number of nitrogens with one attached hydrogen (secondary N) is 1. The van der Waals surface area contributed by atoms with E-state index in [2.05, 4.69) is 9.88 Å². The van der Waals surface area contributed by atoms with Crippen LogP contribution in [0, 0.1) is 0 Å². The molecule has 58 valence electrons. The van der Waals surface area contributed by atoms with E-state index in [0.29, 0.717) is 6.61 Å². The van der Waals surface area contributed by atoms with Crippen LogP contribution in [-0.4, -0.2) is 80.1 Å². The molecule has 0 rings (SSSR count). The van der Waals surface area contributed by atoms with Crippen molar-refractivity contribution in [3.63, 3.8) is 0 Å². The Labute approximate surface area is 103 Å². The van der Waals surface area contributed by atoms with Crippen molar-refractivity contribution < 1.29 is 13.2 Å². The van der Waals surface area contributed by atoms with Gasteiger partial charge in [0.2, 0.25) is 0 Å². The second-order valence-corrected chi connectivity index (χ2v) is 2.81. The predicted octanol–water partition coefficient (Wildman–Crippen LogP) is -2.22. The van der Waals surface area contributed by atoms with E-state index >= 15 is 0 Å². The summed E-state index contributed by atoms with van der Waals surface area (Å²) in [6, 6.07) is 0. The SMILES string of the molecule is COCCNS(N)(=O)=O.[KH]. The van der Waals surface area contributed by atoms with Gasteiger partial charge in [0.05, 0.1) is 6.61 Å². The first kappa shape index (κ1) is 14.0. The van der Waals surface area contributed by atoms with Gasteiger partial charge in [-0.2, -0.15) is 8.42 Å². The van der Waals surface area contributed by atoms with E-state index in [1.54, 1.807) is 0 Å². The Hall–Kier alpha value is 1.47. The van der Waals surface area contributed by atoms with Crippen LogP contribution in [0.5, 0.6) is 0 Å². The fraction of sp³-hybridized carbons (Fsp3) is 1.00. The molecule has 0 amide bonds. The number of hydrogen-bond donors (Lipinski definition) is 2. The quantitative estimate of drug-likeness (QED) is 0.393. The number of methoxy groups -OCH3 is 1. The summed E-state index contributed by atoms with van der Waals surface area (Å²) in [5.74, 6) is 0. The van der Waals surface area contributed by atoms with Gasteiger partial charge in [0.15, 0.2) is 0 Å². The first-order valence-electron chi connectivity index (χ1n) is 2.32. The third-order valence-electron chi connectivity index (χ3n) is 0.609. The third-order valence-corrected chi connectivity index (χ3v) is 1.22. The van der Waals surface area contributed by atoms with Crippen molar-refractivity contribution in [2.45, 2.75) is 0 Å². The van der Waals surface area contributed by atoms with E-state index in [1.165, 1.54) is 7.11 Å². The maximum atomic E-state index is 10.1. The van der Waals surface area contributed by atoms with Crippen LogP contribution in [-0.2, 0) is 14.9 Å². The van der Waals surface area contributed by atoms with Crippen molar-refractivity contribution in [2.75, 3.05) is 20.3 Å². The second kappa shape index (κ2) is 7.13. The molecular weight excluding hydrogens is 183 g/mol. The first-order chi connectivity index (χ1) is 4.06. The van der Waals surface area contributed by atoms with Gasteiger partial charge in [-0.1, -0.05) is 0 Å². The molecule has 5 nitrogen and oxygen atoms in total. The predicted molar refractivity (Wildman–Crippen MR) is 40.1 cm³/mol. The number of rotatable bonds is 4. The van der Waals surface area contributed by atoms with Crippen LogP contribution in [0.1, 0.15) is 0 Å². The summed E-state index contributed by atoms with van der Waals surface area (Å²) in [6.45, 7) is 0.547. The van der Waals surface area contributed by atoms with Gasteiger partial charge in [-0.15, -0.1) is 0 Å². The summed E-state index contributed by atoms with van der Waals surface area (Å²) in [5, 5.41) is 4.58. The van der Waals surface area contributed by atoms with Gasteiger partial charge >= 0.3 is 51.4 Å². The molecule has 0 radical (unpaired) electrons. The van der Waals surface area contributed by atoms with Crippen LogP contribution >= 0.6 is 0 Å². The molecule has 0 aromatic rings. The zero-order valence-electron chi connectivity index (χ0n) is 5.12. The van der Waals surface area contributed by atoms with Gasteiger partial charge in [0.1, 0.15) is 0 Å². The monoisotopic (exact) mass is 194 g/mol. The Morgan fingerprint density at radius 3 is 2.40 bits per heavy atom. The standard InChI is InChI=1S/C3H10N2O3S.K.H/c1-8-3-2-5-9(4,6)7;;/h5H,2-3H2,1H3,(H2,4,6,7);;. The van der Waals surface area contributed by atoms with E-state index in [0.717, 1.165) is 0 Å². The zero-order valence-corrected chi connectivity index (χ0v) is 5.94. The molecule has 0 aliphatic carbocycles. The number of nitrogens with two attached hydrogens (primary N) is 1. The molecule has 0 spiro atoms. The zero-order chi connectivity index (χ0) is 7.33. The van der Waals surface area contributed by atoms with Crippen LogP contribution in [0.3, 0.4) is 0 Å². The van der Waals surface area contributed by atoms with Gasteiger partial charge in [0.25, 0.3) is 10.2 Å². The van der Waals surface area contributed by atoms with Crippen molar-refractivity contribution in [2.24, 2.45) is 5.14 Å². The van der Waals surface area contributed by atoms with Gasteiger partial charge in [-0.05, 0) is 0 Å². The summed E-state index contributed by atoms with van der Waals surface area (Å²) < 4.78 is 26.8. The molecule has 0 aliphatic heterocycles. The molecular formula is C3H11KN2O3S. The van der Waals surface area contributed by atoms with E-state index in [4.69, 9.17) is 0 Å². The molecule has 0 saturated heterocycles. The molecule has 3 N–H and O–H groups in total. The van der Waals surface area contributed by atoms with Crippen LogP contribution in [0.2, 0.25) is 0 Å². The van der Waals surface area contributed by atoms with Crippen LogP contribution in [0.25, 0.3) is 0 Å². The van der Waals surface area contributed by atoms with E-state index < -0.39 is 10.2 Å². The minimum atomic E-state index is -3.53. The van der Waals surface area contributed by atoms with Gasteiger partial charge < -0.3 is 4.74 Å². The molecule has 0 aliphatic rings. The first-order valence-corrected chi connectivity index (χ1v) is 3.87. The van der Waals surface area contributed by atoms with Crippen molar-refractivity contribution in [1.29, 1.82) is 0 Å². The topological polar surface area (TPSA) is 81.4 Å². The van der Waals surface area contributed by atoms with Crippen LogP contribution in [0.15, 0.2) is 0 Å². The van der Waals surface area contributed by atoms with E-state index in [9.17, 15) is 8.42 Å². The Bertz CT molecular complexity index is 157. The fourth-order valence-corrected chi connectivity index (χ4v) is 0.654. The minimum absolute atomic E-state index is 0. The third kappa shape index (κ3) is 12.2. The molecule has 0 heterocycles. The Balaban J connectivity index is 0. The molecule has 0 unspecified atom stereocenters. The number of hydrogen-bond acceptors (Lipinski definition) is 3. The molecule has 0 fully saturated rings. The summed E-state index contributed by atoms with van der Waals surface area (Å²) in [4.78, 5) is 0. The normalized spacial score (nSPS) is 10.6. The molecule has 0 aromatic heterocycles. The molecule has 7 heteroatoms. The number of ether oxygens (including phenoxy) is 1. The van der Waals surface area contributed by atoms with E-state index in [-0.39, 0.29) is 57.9 Å². The Morgan fingerprint density at radius 1 is 1.60 bits per heavy atom. The maximum absolute atomic E-state index is 10.1. The van der Waals surface area contributed by atoms with Gasteiger partial charge in [-0.25, -0.2) is 9.86 Å². The van der Waals surface area contributed by atoms with Crippen LogP contribution in [0.4, 0.5) is 0 Å². The molecule has 10 heavy (non-hydrogen) atoms. The Morgan fingerprint density at radius 2 is 2.10 bits per heavy atom. The summed E-state index contributed by atoms with van der Waals surface area (Å²) >= 11 is 0. The van der Waals surface area contributed by atoms with Crippen molar-refractivity contribution in [1.82, 2.24) is 4.72 Å². The Kier molecular flexibility index (Phi) is 10.00. The van der Waals surface area contributed by atoms with Crippen LogP contribution < -0.4 is 9.86 Å². The average Bonchev–Trinajstić information content (AvgIpc) is 1.63. The molecule has 0 bridgehead atoms. The molecule has 0 atom stereocenters. The average molecular weight is 194 g/mol. The molecule has 0 aromatic carbocycles. The summed E-state index contributed by atoms with van der Waals surface area (Å²) in [6.07, 6.45) is 0. The van der Waals surface area contributed by atoms with Crippen molar-refractivity contribution in [3.05, 3.63) is 0 Å². The van der Waals surface area contributed by atoms with Crippen molar-refractivity contribution >= 4 is 61.6 Å². The summed E-state index contributed by atoms with van der Waals surface area (Å²) in [5.41, 5.74) is 0. The second-order valence-electron chi connectivity index (χ2n) is 1.43. The van der Waals surface area contributed by atoms with Crippen molar-refractivity contribution in [3.8, 4) is 0 Å². The van der Waals surface area contributed by atoms with Gasteiger partial charge in [0, 0.05) is 13.7 Å².